The Kier molecular flexibility index (Phi) is 5.24. The smallest absolute Gasteiger partial charge is 0.259 e. The van der Waals surface area contributed by atoms with Crippen molar-refractivity contribution in [3.8, 4) is 0 Å². The van der Waals surface area contributed by atoms with E-state index in [0.717, 1.165) is 40.6 Å². The van der Waals surface area contributed by atoms with Gasteiger partial charge >= 0.3 is 0 Å². The normalized spacial score (nSPS) is 18.0. The van der Waals surface area contributed by atoms with Crippen LogP contribution >= 0.6 is 11.3 Å². The topological polar surface area (TPSA) is 86.4 Å². The van der Waals surface area contributed by atoms with Crippen molar-refractivity contribution in [3.63, 3.8) is 0 Å². The molecule has 0 amide bonds. The first-order valence-corrected chi connectivity index (χ1v) is 12.9. The van der Waals surface area contributed by atoms with Crippen molar-refractivity contribution >= 4 is 31.6 Å². The molecule has 164 valence electrons. The molecule has 0 spiro atoms. The van der Waals surface area contributed by atoms with Crippen LogP contribution in [-0.2, 0) is 29.4 Å². The number of piperazine rings is 1. The molecule has 0 radical (unpaired) electrons. The maximum atomic E-state index is 13.1. The highest BCUT2D eigenvalue weighted by Gasteiger charge is 2.30. The van der Waals surface area contributed by atoms with E-state index >= 15 is 0 Å². The summed E-state index contributed by atoms with van der Waals surface area (Å²) in [6, 6.07) is 5.54. The minimum Gasteiger partial charge on any atom is -0.309 e. The van der Waals surface area contributed by atoms with Gasteiger partial charge in [0.15, 0.2) is 0 Å². The van der Waals surface area contributed by atoms with Crippen LogP contribution in [0.3, 0.4) is 0 Å². The monoisotopic (exact) mass is 458 g/mol. The third-order valence-electron chi connectivity index (χ3n) is 6.29. The number of hydrogen-bond donors (Lipinski definition) is 1. The van der Waals surface area contributed by atoms with Crippen LogP contribution in [0, 0.1) is 13.8 Å². The molecule has 1 aromatic carbocycles. The van der Waals surface area contributed by atoms with Crippen molar-refractivity contribution in [2.75, 3.05) is 26.2 Å². The number of thiophene rings is 1. The van der Waals surface area contributed by atoms with Gasteiger partial charge in [-0.1, -0.05) is 12.1 Å². The zero-order valence-corrected chi connectivity index (χ0v) is 19.4. The highest BCUT2D eigenvalue weighted by molar-refractivity contribution is 7.89. The summed E-state index contributed by atoms with van der Waals surface area (Å²) in [5.74, 6) is 0.656. The maximum Gasteiger partial charge on any atom is 0.259 e. The number of nitrogens with one attached hydrogen (secondary N) is 1. The van der Waals surface area contributed by atoms with Gasteiger partial charge in [0.1, 0.15) is 10.7 Å². The first-order valence-electron chi connectivity index (χ1n) is 10.7. The Labute approximate surface area is 185 Å². The van der Waals surface area contributed by atoms with Crippen LogP contribution in [0.15, 0.2) is 27.9 Å². The van der Waals surface area contributed by atoms with E-state index in [-0.39, 0.29) is 5.56 Å². The van der Waals surface area contributed by atoms with Gasteiger partial charge in [0, 0.05) is 31.1 Å². The number of hydrogen-bond acceptors (Lipinski definition) is 6. The van der Waals surface area contributed by atoms with Crippen LogP contribution in [-0.4, -0.2) is 53.8 Å². The van der Waals surface area contributed by atoms with Crippen LogP contribution in [0.2, 0.25) is 0 Å². The van der Waals surface area contributed by atoms with Crippen molar-refractivity contribution in [1.29, 1.82) is 0 Å². The molecule has 7 nitrogen and oxygen atoms in total. The Balaban J connectivity index is 1.30. The highest BCUT2D eigenvalue weighted by Crippen LogP contribution is 2.34. The third-order valence-corrected chi connectivity index (χ3v) is 9.52. The zero-order valence-electron chi connectivity index (χ0n) is 17.8. The van der Waals surface area contributed by atoms with Gasteiger partial charge in [-0.05, 0) is 55.9 Å². The molecular weight excluding hydrogens is 432 g/mol. The van der Waals surface area contributed by atoms with Gasteiger partial charge in [-0.25, -0.2) is 13.4 Å². The summed E-state index contributed by atoms with van der Waals surface area (Å²) in [5, 5.41) is 0.769. The standard InChI is InChI=1S/C22H26N4O3S2/c1-14-6-7-15(2)18(12-14)31(28,29)26-10-8-25(9-11-26)13-19-23-21(27)20-16-4-3-5-17(16)30-22(20)24-19/h6-7,12H,3-5,8-11,13H2,1-2H3,(H,23,24,27). The molecule has 3 aromatic rings. The Bertz CT molecular complexity index is 1320. The molecule has 0 atom stereocenters. The number of sulfonamides is 1. The molecule has 3 heterocycles. The van der Waals surface area contributed by atoms with E-state index in [1.54, 1.807) is 21.7 Å². The number of benzene rings is 1. The van der Waals surface area contributed by atoms with Gasteiger partial charge in [0.05, 0.1) is 16.8 Å². The number of fused-ring (bicyclic) bond motifs is 3. The minimum atomic E-state index is -3.51. The van der Waals surface area contributed by atoms with E-state index in [4.69, 9.17) is 4.98 Å². The molecule has 0 saturated carbocycles. The lowest BCUT2D eigenvalue weighted by Crippen LogP contribution is -2.48. The molecule has 31 heavy (non-hydrogen) atoms. The summed E-state index contributed by atoms with van der Waals surface area (Å²) < 4.78 is 27.8. The van der Waals surface area contributed by atoms with Crippen molar-refractivity contribution in [1.82, 2.24) is 19.2 Å². The summed E-state index contributed by atoms with van der Waals surface area (Å²) in [5.41, 5.74) is 2.85. The number of nitrogens with zero attached hydrogens (tertiary/aromatic N) is 3. The van der Waals surface area contributed by atoms with E-state index in [1.165, 1.54) is 10.4 Å². The Hall–Kier alpha value is -2.07. The average Bonchev–Trinajstić information content (AvgIpc) is 3.31. The Morgan fingerprint density at radius 3 is 2.68 bits per heavy atom. The van der Waals surface area contributed by atoms with E-state index in [0.29, 0.717) is 43.4 Å². The molecule has 0 unspecified atom stereocenters. The molecule has 5 rings (SSSR count). The molecule has 1 N–H and O–H groups in total. The summed E-state index contributed by atoms with van der Waals surface area (Å²) in [6.45, 7) is 6.32. The second kappa shape index (κ2) is 7.81. The lowest BCUT2D eigenvalue weighted by molar-refractivity contribution is 0.178. The van der Waals surface area contributed by atoms with Crippen molar-refractivity contribution in [2.24, 2.45) is 0 Å². The van der Waals surface area contributed by atoms with Gasteiger partial charge in [-0.3, -0.25) is 9.69 Å². The van der Waals surface area contributed by atoms with E-state index in [2.05, 4.69) is 9.88 Å². The van der Waals surface area contributed by atoms with Crippen LogP contribution < -0.4 is 5.56 Å². The predicted molar refractivity (Wildman–Crippen MR) is 122 cm³/mol. The lowest BCUT2D eigenvalue weighted by Gasteiger charge is -2.33. The predicted octanol–water partition coefficient (Wildman–Crippen LogP) is 2.60. The fourth-order valence-corrected chi connectivity index (χ4v) is 7.60. The van der Waals surface area contributed by atoms with E-state index < -0.39 is 10.0 Å². The summed E-state index contributed by atoms with van der Waals surface area (Å²) in [7, 11) is -3.51. The Morgan fingerprint density at radius 1 is 1.13 bits per heavy atom. The van der Waals surface area contributed by atoms with Gasteiger partial charge < -0.3 is 4.98 Å². The third kappa shape index (κ3) is 3.73. The summed E-state index contributed by atoms with van der Waals surface area (Å²) in [6.07, 6.45) is 3.13. The van der Waals surface area contributed by atoms with Crippen LogP contribution in [0.1, 0.15) is 33.8 Å². The van der Waals surface area contributed by atoms with Gasteiger partial charge in [-0.2, -0.15) is 4.31 Å². The molecule has 1 aliphatic carbocycles. The van der Waals surface area contributed by atoms with Crippen molar-refractivity contribution in [3.05, 3.63) is 55.9 Å². The number of rotatable bonds is 4. The number of aromatic nitrogens is 2. The van der Waals surface area contributed by atoms with Gasteiger partial charge in [0.25, 0.3) is 5.56 Å². The van der Waals surface area contributed by atoms with Gasteiger partial charge in [-0.15, -0.1) is 11.3 Å². The summed E-state index contributed by atoms with van der Waals surface area (Å²) >= 11 is 1.64. The van der Waals surface area contributed by atoms with E-state index in [9.17, 15) is 13.2 Å². The molecule has 1 fully saturated rings. The molecule has 2 aromatic heterocycles. The van der Waals surface area contributed by atoms with Crippen LogP contribution in [0.25, 0.3) is 10.2 Å². The average molecular weight is 459 g/mol. The lowest BCUT2D eigenvalue weighted by atomic mass is 10.2. The molecule has 2 aliphatic rings. The number of aromatic amines is 1. The SMILES string of the molecule is Cc1ccc(C)c(S(=O)(=O)N2CCN(Cc3nc4sc5c(c4c(=O)[nH]3)CCC5)CC2)c1. The zero-order chi connectivity index (χ0) is 21.8. The van der Waals surface area contributed by atoms with Gasteiger partial charge in [0.2, 0.25) is 10.0 Å². The first kappa shape index (κ1) is 20.8. The molecule has 0 bridgehead atoms. The maximum absolute atomic E-state index is 13.1. The largest absolute Gasteiger partial charge is 0.309 e. The Morgan fingerprint density at radius 2 is 1.90 bits per heavy atom. The van der Waals surface area contributed by atoms with Crippen LogP contribution in [0.4, 0.5) is 0 Å². The fraction of sp³-hybridized carbons (Fsp3) is 0.455. The second-order valence-corrected chi connectivity index (χ2v) is 11.5. The quantitative estimate of drug-likeness (QED) is 0.650. The number of aryl methyl sites for hydroxylation is 4. The molecular formula is C22H26N4O3S2. The second-order valence-electron chi connectivity index (χ2n) is 8.50. The minimum absolute atomic E-state index is 0.0458. The fourth-order valence-electron chi connectivity index (χ4n) is 4.59. The number of H-pyrrole nitrogens is 1. The molecule has 1 aliphatic heterocycles. The summed E-state index contributed by atoms with van der Waals surface area (Å²) in [4.78, 5) is 25.0. The van der Waals surface area contributed by atoms with Crippen LogP contribution in [0.5, 0.6) is 0 Å². The molecule has 1 saturated heterocycles. The molecule has 9 heteroatoms. The van der Waals surface area contributed by atoms with Crippen molar-refractivity contribution < 1.29 is 8.42 Å². The highest BCUT2D eigenvalue weighted by atomic mass is 32.2. The first-order chi connectivity index (χ1) is 14.8. The van der Waals surface area contributed by atoms with Crippen molar-refractivity contribution in [2.45, 2.75) is 44.6 Å². The van der Waals surface area contributed by atoms with E-state index in [1.807, 2.05) is 26.0 Å².